The molecule has 24 heteroatoms. The summed E-state index contributed by atoms with van der Waals surface area (Å²) in [5.74, 6) is -0.870. The number of ketones is 1. The van der Waals surface area contributed by atoms with Gasteiger partial charge in [-0.25, -0.2) is 0 Å². The van der Waals surface area contributed by atoms with E-state index in [1.165, 1.54) is 66.7 Å². The van der Waals surface area contributed by atoms with Crippen molar-refractivity contribution in [2.75, 3.05) is 11.2 Å². The molecule has 0 atom stereocenters. The number of nitrogens with two attached hydrogens (primary N) is 1. The van der Waals surface area contributed by atoms with E-state index in [0.29, 0.717) is 0 Å². The Labute approximate surface area is 339 Å². The Morgan fingerprint density at radius 3 is 1.65 bits per heavy atom. The minimum Gasteiger partial charge on any atom is -0.399 e. The van der Waals surface area contributed by atoms with Gasteiger partial charge >= 0.3 is 0 Å². The molecule has 0 spiro atoms. The van der Waals surface area contributed by atoms with Gasteiger partial charge in [0.25, 0.3) is 40.5 Å². The molecule has 0 fully saturated rings. The number of benzene rings is 6. The lowest BCUT2D eigenvalue weighted by molar-refractivity contribution is 0.106. The molecule has 1 aliphatic carbocycles. The number of carbonyl (C=O) groups excluding carboxylic acids is 1. The van der Waals surface area contributed by atoms with Crippen LogP contribution in [-0.2, 0) is 40.5 Å². The van der Waals surface area contributed by atoms with Crippen LogP contribution in [0, 0.1) is 0 Å². The molecule has 0 bridgehead atoms. The second-order valence-corrected chi connectivity index (χ2v) is 18.4. The minimum atomic E-state index is -5.00. The summed E-state index contributed by atoms with van der Waals surface area (Å²) in [7, 11) is -19.1. The third-order valence-corrected chi connectivity index (χ3v) is 12.2. The maximum atomic E-state index is 13.4. The molecule has 0 heterocycles. The highest BCUT2D eigenvalue weighted by atomic mass is 32.2. The first-order chi connectivity index (χ1) is 28.1. The highest BCUT2D eigenvalue weighted by molar-refractivity contribution is 7.91. The first-order valence-corrected chi connectivity index (χ1v) is 22.3. The predicted molar refractivity (Wildman–Crippen MR) is 218 cm³/mol. The lowest BCUT2D eigenvalue weighted by Gasteiger charge is -2.17. The first kappa shape index (κ1) is 41.5. The number of rotatable bonds is 10. The number of Topliss-reactive ketones (excluding diaryl/α,β-unsaturated/α-hetero) is 1. The van der Waals surface area contributed by atoms with Crippen molar-refractivity contribution in [3.63, 3.8) is 0 Å². The quantitative estimate of drug-likeness (QED) is 0.0347. The van der Waals surface area contributed by atoms with Crippen LogP contribution in [0.4, 0.5) is 34.1 Å². The molecular weight excluding hydrogens is 867 g/mol. The summed E-state index contributed by atoms with van der Waals surface area (Å²) in [6.45, 7) is 0. The maximum absolute atomic E-state index is 13.4. The van der Waals surface area contributed by atoms with Crippen LogP contribution in [0.3, 0.4) is 0 Å². The molecule has 0 aromatic heterocycles. The van der Waals surface area contributed by atoms with E-state index in [-0.39, 0.29) is 66.8 Å². The largest absolute Gasteiger partial charge is 0.399 e. The normalized spacial score (nSPS) is 14.6. The molecule has 60 heavy (non-hydrogen) atoms. The average molecular weight is 892 g/mol. The molecule has 0 radical (unpaired) electrons. The molecule has 7 rings (SSSR count). The number of anilines is 2. The Morgan fingerprint density at radius 1 is 0.517 bits per heavy atom. The Balaban J connectivity index is 1.31. The fraction of sp³-hybridized carbons (Fsp3) is 0. The van der Waals surface area contributed by atoms with Crippen LogP contribution in [0.1, 0.15) is 15.9 Å². The van der Waals surface area contributed by atoms with E-state index >= 15 is 0 Å². The SMILES string of the molecule is Nc1ccc2c(c1)C=C(S(=O)(=O)O)C(=NNc1ccc(N=Nc3ccc(N=Nc4cccc(S(=O)(=O)O)c4)c4cc(S(=O)(=O)O)ccc34)c3cc(S(=O)(=O)O)ccc13)C2=O. The predicted octanol–water partition coefficient (Wildman–Crippen LogP) is 7.04. The molecule has 0 saturated heterocycles. The molecule has 0 aliphatic heterocycles. The van der Waals surface area contributed by atoms with Gasteiger partial charge in [-0.05, 0) is 96.6 Å². The molecule has 306 valence electrons. The van der Waals surface area contributed by atoms with Gasteiger partial charge in [0.05, 0.1) is 43.1 Å². The zero-order chi connectivity index (χ0) is 43.4. The molecule has 20 nitrogen and oxygen atoms in total. The van der Waals surface area contributed by atoms with Gasteiger partial charge in [0.15, 0.2) is 5.71 Å². The van der Waals surface area contributed by atoms with Crippen LogP contribution in [0.25, 0.3) is 27.6 Å². The van der Waals surface area contributed by atoms with Crippen molar-refractivity contribution in [1.29, 1.82) is 0 Å². The fourth-order valence-electron chi connectivity index (χ4n) is 5.99. The standard InChI is InChI=1S/C36H25N7O13S4/c37-20-4-7-25-19(14-20)15-34(60(54,55)56)35(36(25)44)43-42-31-11-13-33(29-18-24(59(51,52)53)6-9-27(29)31)41-40-30-10-12-32(28-17-23(58(48,49)50)5-8-26(28)30)39-38-21-2-1-3-22(16-21)57(45,46)47/h1-18,42H,37H2,(H,45,46,47)(H,48,49,50)(H,51,52,53)(H,54,55,56). The molecule has 0 unspecified atom stereocenters. The summed E-state index contributed by atoms with van der Waals surface area (Å²) in [5, 5.41) is 21.2. The van der Waals surface area contributed by atoms with Gasteiger partial charge in [0, 0.05) is 32.8 Å². The molecule has 6 aromatic rings. The van der Waals surface area contributed by atoms with Crippen molar-refractivity contribution in [3.8, 4) is 0 Å². The van der Waals surface area contributed by atoms with Gasteiger partial charge < -0.3 is 5.73 Å². The number of carbonyl (C=O) groups is 1. The van der Waals surface area contributed by atoms with Gasteiger partial charge in [0.2, 0.25) is 5.78 Å². The second-order valence-electron chi connectivity index (χ2n) is 12.7. The summed E-state index contributed by atoms with van der Waals surface area (Å²) in [5.41, 5.74) is 8.27. The highest BCUT2D eigenvalue weighted by Crippen LogP contribution is 2.39. The minimum absolute atomic E-state index is 0.00216. The smallest absolute Gasteiger partial charge is 0.296 e. The van der Waals surface area contributed by atoms with E-state index < -0.39 is 71.6 Å². The summed E-state index contributed by atoms with van der Waals surface area (Å²) in [6, 6.07) is 21.3. The number of allylic oxidation sites excluding steroid dienone is 1. The van der Waals surface area contributed by atoms with E-state index in [0.717, 1.165) is 42.5 Å². The lowest BCUT2D eigenvalue weighted by Crippen LogP contribution is -2.27. The number of hydrogen-bond acceptors (Lipinski definition) is 16. The van der Waals surface area contributed by atoms with Crippen molar-refractivity contribution in [2.45, 2.75) is 14.7 Å². The summed E-state index contributed by atoms with van der Waals surface area (Å²) in [6.07, 6.45) is 1.02. The third kappa shape index (κ3) is 8.56. The maximum Gasteiger partial charge on any atom is 0.296 e. The van der Waals surface area contributed by atoms with Gasteiger partial charge in [-0.2, -0.15) is 43.9 Å². The number of nitrogens with zero attached hydrogens (tertiary/aromatic N) is 5. The zero-order valence-corrected chi connectivity index (χ0v) is 33.1. The van der Waals surface area contributed by atoms with Crippen LogP contribution in [0.5, 0.6) is 0 Å². The lowest BCUT2D eigenvalue weighted by atomic mass is 9.94. The van der Waals surface area contributed by atoms with Gasteiger partial charge in [-0.3, -0.25) is 28.4 Å². The Kier molecular flexibility index (Phi) is 10.5. The Hall–Kier alpha value is -6.64. The van der Waals surface area contributed by atoms with E-state index in [1.807, 2.05) is 0 Å². The average Bonchev–Trinajstić information content (AvgIpc) is 3.17. The first-order valence-electron chi connectivity index (χ1n) is 16.5. The van der Waals surface area contributed by atoms with Crippen molar-refractivity contribution < 1.29 is 56.7 Å². The van der Waals surface area contributed by atoms with Crippen LogP contribution >= 0.6 is 0 Å². The van der Waals surface area contributed by atoms with Crippen molar-refractivity contribution in [3.05, 3.63) is 119 Å². The fourth-order valence-corrected chi connectivity index (χ4v) is 8.18. The molecule has 0 amide bonds. The number of hydrazone groups is 1. The Bertz CT molecular complexity index is 3440. The van der Waals surface area contributed by atoms with Crippen molar-refractivity contribution in [1.82, 2.24) is 0 Å². The van der Waals surface area contributed by atoms with Crippen LogP contribution < -0.4 is 11.2 Å². The van der Waals surface area contributed by atoms with E-state index in [1.54, 1.807) is 0 Å². The molecular formula is C36H25N7O13S4. The van der Waals surface area contributed by atoms with Gasteiger partial charge in [0.1, 0.15) is 4.91 Å². The van der Waals surface area contributed by atoms with Crippen molar-refractivity contribution >= 4 is 114 Å². The number of fused-ring (bicyclic) bond motifs is 3. The Morgan fingerprint density at radius 2 is 1.05 bits per heavy atom. The van der Waals surface area contributed by atoms with Crippen LogP contribution in [-0.4, -0.2) is 63.4 Å². The van der Waals surface area contributed by atoms with Gasteiger partial charge in [-0.15, -0.1) is 15.3 Å². The molecule has 0 saturated carbocycles. The number of azo groups is 2. The van der Waals surface area contributed by atoms with Crippen molar-refractivity contribution in [2.24, 2.45) is 25.6 Å². The highest BCUT2D eigenvalue weighted by Gasteiger charge is 2.33. The van der Waals surface area contributed by atoms with E-state index in [9.17, 15) is 56.7 Å². The summed E-state index contributed by atoms with van der Waals surface area (Å²) in [4.78, 5) is 11.0. The topological polar surface area (TPSA) is 334 Å². The van der Waals surface area contributed by atoms with E-state index in [2.05, 4.69) is 31.0 Å². The van der Waals surface area contributed by atoms with Gasteiger partial charge in [-0.1, -0.05) is 18.2 Å². The summed E-state index contributed by atoms with van der Waals surface area (Å²) >= 11 is 0. The van der Waals surface area contributed by atoms with Crippen LogP contribution in [0.15, 0.2) is 148 Å². The second kappa shape index (κ2) is 15.2. The number of nitrogens with one attached hydrogen (secondary N) is 1. The van der Waals surface area contributed by atoms with E-state index in [4.69, 9.17) is 5.73 Å². The summed E-state index contributed by atoms with van der Waals surface area (Å²) < 4.78 is 135. The number of nitrogen functional groups attached to an aromatic ring is 1. The molecule has 6 aromatic carbocycles. The number of hydrogen-bond donors (Lipinski definition) is 6. The molecule has 1 aliphatic rings. The monoisotopic (exact) mass is 891 g/mol. The molecule has 7 N–H and O–H groups in total. The third-order valence-electron chi connectivity index (χ3n) is 8.78. The zero-order valence-electron chi connectivity index (χ0n) is 29.8. The van der Waals surface area contributed by atoms with Crippen LogP contribution in [0.2, 0.25) is 0 Å².